The first-order valence-corrected chi connectivity index (χ1v) is 3.83. The van der Waals surface area contributed by atoms with Crippen LogP contribution in [0.15, 0.2) is 18.3 Å². The molecule has 0 saturated carbocycles. The van der Waals surface area contributed by atoms with Gasteiger partial charge in [0.15, 0.2) is 0 Å². The zero-order valence-corrected chi connectivity index (χ0v) is 7.24. The maximum atomic E-state index is 10.8. The van der Waals surface area contributed by atoms with Gasteiger partial charge in [0, 0.05) is 6.20 Å². The molecule has 1 heterocycles. The molecule has 0 saturated heterocycles. The lowest BCUT2D eigenvalue weighted by Gasteiger charge is -2.05. The maximum absolute atomic E-state index is 10.8. The van der Waals surface area contributed by atoms with Gasteiger partial charge in [0.1, 0.15) is 0 Å². The Morgan fingerprint density at radius 2 is 2.33 bits per heavy atom. The van der Waals surface area contributed by atoms with Crippen LogP contribution in [0.25, 0.3) is 0 Å². The molecule has 1 aromatic heterocycles. The van der Waals surface area contributed by atoms with Crippen molar-refractivity contribution >= 4 is 5.91 Å². The number of nitrogens with zero attached hydrogens (tertiary/aromatic N) is 1. The first kappa shape index (κ1) is 8.71. The Balaban J connectivity index is 2.95. The van der Waals surface area contributed by atoms with Crippen LogP contribution in [0.1, 0.15) is 24.1 Å². The van der Waals surface area contributed by atoms with Gasteiger partial charge in [-0.2, -0.15) is 0 Å². The summed E-state index contributed by atoms with van der Waals surface area (Å²) in [6.45, 7) is 3.71. The molecule has 1 rings (SSSR count). The highest BCUT2D eigenvalue weighted by atomic mass is 16.1. The van der Waals surface area contributed by atoms with Gasteiger partial charge in [-0.15, -0.1) is 0 Å². The molecule has 2 N–H and O–H groups in total. The molecule has 0 aliphatic heterocycles. The summed E-state index contributed by atoms with van der Waals surface area (Å²) in [7, 11) is 0. The summed E-state index contributed by atoms with van der Waals surface area (Å²) in [5, 5.41) is 0. The maximum Gasteiger partial charge on any atom is 0.226 e. The van der Waals surface area contributed by atoms with E-state index in [1.165, 1.54) is 0 Å². The standard InChI is InChI=1S/C9H12N2O/c1-6-3-4-11-8(5-6)7(2)9(10)12/h3-5,7H,1-2H3,(H2,10,12). The molecule has 0 aromatic carbocycles. The number of amides is 1. The predicted molar refractivity (Wildman–Crippen MR) is 46.6 cm³/mol. The fourth-order valence-electron chi connectivity index (χ4n) is 0.942. The molecular weight excluding hydrogens is 152 g/mol. The predicted octanol–water partition coefficient (Wildman–Crippen LogP) is 0.979. The van der Waals surface area contributed by atoms with Crippen LogP contribution < -0.4 is 5.73 Å². The number of aromatic nitrogens is 1. The molecule has 0 fully saturated rings. The van der Waals surface area contributed by atoms with Crippen LogP contribution in [0.2, 0.25) is 0 Å². The third kappa shape index (κ3) is 1.81. The molecule has 1 unspecified atom stereocenters. The molecular formula is C9H12N2O. The largest absolute Gasteiger partial charge is 0.369 e. The van der Waals surface area contributed by atoms with Crippen molar-refractivity contribution in [1.82, 2.24) is 4.98 Å². The average Bonchev–Trinajstić information content (AvgIpc) is 2.03. The Morgan fingerprint density at radius 3 is 2.83 bits per heavy atom. The van der Waals surface area contributed by atoms with Gasteiger partial charge in [-0.3, -0.25) is 9.78 Å². The summed E-state index contributed by atoms with van der Waals surface area (Å²) in [5.74, 6) is -0.641. The summed E-state index contributed by atoms with van der Waals surface area (Å²) in [5.41, 5.74) is 6.97. The van der Waals surface area contributed by atoms with Crippen LogP contribution in [-0.2, 0) is 4.79 Å². The van der Waals surface area contributed by atoms with E-state index in [9.17, 15) is 4.79 Å². The number of hydrogen-bond acceptors (Lipinski definition) is 2. The Bertz CT molecular complexity index is 296. The van der Waals surface area contributed by atoms with Gasteiger partial charge in [-0.25, -0.2) is 0 Å². The summed E-state index contributed by atoms with van der Waals surface area (Å²) in [6.07, 6.45) is 1.68. The number of aryl methyl sites for hydroxylation is 1. The van der Waals surface area contributed by atoms with Crippen LogP contribution >= 0.6 is 0 Å². The molecule has 1 amide bonds. The van der Waals surface area contributed by atoms with Gasteiger partial charge in [0.05, 0.1) is 11.6 Å². The SMILES string of the molecule is Cc1ccnc(C(C)C(N)=O)c1. The van der Waals surface area contributed by atoms with Crippen molar-refractivity contribution in [2.45, 2.75) is 19.8 Å². The lowest BCUT2D eigenvalue weighted by Crippen LogP contribution is -2.19. The number of pyridine rings is 1. The molecule has 64 valence electrons. The molecule has 3 heteroatoms. The monoisotopic (exact) mass is 164 g/mol. The molecule has 0 aliphatic carbocycles. The first-order valence-electron chi connectivity index (χ1n) is 3.83. The second-order valence-electron chi connectivity index (χ2n) is 2.88. The van der Waals surface area contributed by atoms with Crippen molar-refractivity contribution in [1.29, 1.82) is 0 Å². The average molecular weight is 164 g/mol. The topological polar surface area (TPSA) is 56.0 Å². The molecule has 3 nitrogen and oxygen atoms in total. The van der Waals surface area contributed by atoms with Crippen molar-refractivity contribution < 1.29 is 4.79 Å². The number of primary amides is 1. The fourth-order valence-corrected chi connectivity index (χ4v) is 0.942. The van der Waals surface area contributed by atoms with Crippen LogP contribution in [0.4, 0.5) is 0 Å². The van der Waals surface area contributed by atoms with Gasteiger partial charge in [-0.1, -0.05) is 0 Å². The lowest BCUT2D eigenvalue weighted by molar-refractivity contribution is -0.119. The van der Waals surface area contributed by atoms with Gasteiger partial charge in [-0.05, 0) is 31.5 Å². The second kappa shape index (κ2) is 3.34. The minimum absolute atomic E-state index is 0.301. The normalized spacial score (nSPS) is 12.5. The van der Waals surface area contributed by atoms with Crippen LogP contribution in [0.5, 0.6) is 0 Å². The molecule has 12 heavy (non-hydrogen) atoms. The number of carbonyl (C=O) groups is 1. The zero-order valence-electron chi connectivity index (χ0n) is 7.24. The molecule has 1 atom stereocenters. The summed E-state index contributed by atoms with van der Waals surface area (Å²) >= 11 is 0. The highest BCUT2D eigenvalue weighted by Crippen LogP contribution is 2.12. The minimum Gasteiger partial charge on any atom is -0.369 e. The van der Waals surface area contributed by atoms with E-state index in [2.05, 4.69) is 4.98 Å². The second-order valence-corrected chi connectivity index (χ2v) is 2.88. The molecule has 1 aromatic rings. The zero-order chi connectivity index (χ0) is 9.14. The van der Waals surface area contributed by atoms with Gasteiger partial charge in [0.2, 0.25) is 5.91 Å². The summed E-state index contributed by atoms with van der Waals surface area (Å²) in [4.78, 5) is 14.9. The number of rotatable bonds is 2. The van der Waals surface area contributed by atoms with Crippen molar-refractivity contribution in [2.24, 2.45) is 5.73 Å². The molecule has 0 spiro atoms. The van der Waals surface area contributed by atoms with Gasteiger partial charge < -0.3 is 5.73 Å². The number of nitrogens with two attached hydrogens (primary N) is 1. The molecule has 0 aliphatic rings. The Morgan fingerprint density at radius 1 is 1.67 bits per heavy atom. The van der Waals surface area contributed by atoms with Crippen LogP contribution in [-0.4, -0.2) is 10.9 Å². The Hall–Kier alpha value is -1.38. The number of hydrogen-bond donors (Lipinski definition) is 1. The Labute approximate surface area is 71.6 Å². The van der Waals surface area contributed by atoms with Gasteiger partial charge >= 0.3 is 0 Å². The van der Waals surface area contributed by atoms with Crippen molar-refractivity contribution in [3.63, 3.8) is 0 Å². The van der Waals surface area contributed by atoms with Crippen LogP contribution in [0.3, 0.4) is 0 Å². The lowest BCUT2D eigenvalue weighted by atomic mass is 10.1. The van der Waals surface area contributed by atoms with Crippen molar-refractivity contribution in [2.75, 3.05) is 0 Å². The Kier molecular flexibility index (Phi) is 2.43. The minimum atomic E-state index is -0.340. The first-order chi connectivity index (χ1) is 5.61. The summed E-state index contributed by atoms with van der Waals surface area (Å²) in [6, 6.07) is 3.76. The highest BCUT2D eigenvalue weighted by Gasteiger charge is 2.12. The smallest absolute Gasteiger partial charge is 0.226 e. The number of carbonyl (C=O) groups excluding carboxylic acids is 1. The highest BCUT2D eigenvalue weighted by molar-refractivity contribution is 5.80. The van der Waals surface area contributed by atoms with E-state index in [1.54, 1.807) is 13.1 Å². The van der Waals surface area contributed by atoms with E-state index in [0.29, 0.717) is 0 Å². The fraction of sp³-hybridized carbons (Fsp3) is 0.333. The van der Waals surface area contributed by atoms with E-state index in [4.69, 9.17) is 5.73 Å². The third-order valence-corrected chi connectivity index (χ3v) is 1.81. The van der Waals surface area contributed by atoms with E-state index >= 15 is 0 Å². The van der Waals surface area contributed by atoms with E-state index in [1.807, 2.05) is 19.1 Å². The van der Waals surface area contributed by atoms with E-state index < -0.39 is 0 Å². The van der Waals surface area contributed by atoms with E-state index in [-0.39, 0.29) is 11.8 Å². The molecule has 0 radical (unpaired) electrons. The third-order valence-electron chi connectivity index (χ3n) is 1.81. The quantitative estimate of drug-likeness (QED) is 0.708. The molecule has 0 bridgehead atoms. The summed E-state index contributed by atoms with van der Waals surface area (Å²) < 4.78 is 0. The van der Waals surface area contributed by atoms with Crippen molar-refractivity contribution in [3.8, 4) is 0 Å². The van der Waals surface area contributed by atoms with Gasteiger partial charge in [0.25, 0.3) is 0 Å². The van der Waals surface area contributed by atoms with E-state index in [0.717, 1.165) is 11.3 Å². The van der Waals surface area contributed by atoms with Crippen molar-refractivity contribution in [3.05, 3.63) is 29.6 Å². The van der Waals surface area contributed by atoms with Crippen LogP contribution in [0, 0.1) is 6.92 Å².